The van der Waals surface area contributed by atoms with Crippen molar-refractivity contribution in [1.29, 1.82) is 0 Å². The summed E-state index contributed by atoms with van der Waals surface area (Å²) in [6.45, 7) is 1.96. The Bertz CT molecular complexity index is 1100. The lowest BCUT2D eigenvalue weighted by atomic mass is 10.1. The Morgan fingerprint density at radius 1 is 1.11 bits per heavy atom. The fourth-order valence-corrected chi connectivity index (χ4v) is 2.58. The summed E-state index contributed by atoms with van der Waals surface area (Å²) in [4.78, 5) is 35.5. The minimum Gasteiger partial charge on any atom is -0.505 e. The highest BCUT2D eigenvalue weighted by atomic mass is 16.4. The SMILES string of the molecule is Cc1cccc(-n2nc(C(=O)NCc3ccc(C(=O)O)cc3)c(O)cc2=O)c1. The normalized spacial score (nSPS) is 10.5. The number of aryl methyl sites for hydroxylation is 1. The monoisotopic (exact) mass is 379 g/mol. The van der Waals surface area contributed by atoms with Gasteiger partial charge in [0.1, 0.15) is 0 Å². The lowest BCUT2D eigenvalue weighted by molar-refractivity contribution is 0.0696. The molecule has 0 saturated carbocycles. The molecule has 1 heterocycles. The van der Waals surface area contributed by atoms with E-state index in [9.17, 15) is 19.5 Å². The zero-order valence-corrected chi connectivity index (χ0v) is 14.9. The van der Waals surface area contributed by atoms with Crippen molar-refractivity contribution in [3.63, 3.8) is 0 Å². The number of nitrogens with zero attached hydrogens (tertiary/aromatic N) is 2. The maximum Gasteiger partial charge on any atom is 0.335 e. The average Bonchev–Trinajstić information content (AvgIpc) is 2.66. The van der Waals surface area contributed by atoms with E-state index >= 15 is 0 Å². The average molecular weight is 379 g/mol. The van der Waals surface area contributed by atoms with Crippen molar-refractivity contribution in [1.82, 2.24) is 15.1 Å². The molecule has 0 aliphatic rings. The third-order valence-electron chi connectivity index (χ3n) is 4.03. The molecule has 1 amide bonds. The molecule has 0 radical (unpaired) electrons. The maximum absolute atomic E-state index is 12.4. The molecule has 0 bridgehead atoms. The van der Waals surface area contributed by atoms with Crippen LogP contribution in [0.1, 0.15) is 32.0 Å². The number of aromatic carboxylic acids is 1. The third kappa shape index (κ3) is 4.07. The summed E-state index contributed by atoms with van der Waals surface area (Å²) in [5, 5.41) is 25.5. The number of carboxylic acids is 1. The second-order valence-electron chi connectivity index (χ2n) is 6.15. The van der Waals surface area contributed by atoms with E-state index < -0.39 is 23.2 Å². The molecule has 8 nitrogen and oxygen atoms in total. The summed E-state index contributed by atoms with van der Waals surface area (Å²) in [6, 6.07) is 14.0. The van der Waals surface area contributed by atoms with Gasteiger partial charge in [0.25, 0.3) is 11.5 Å². The standard InChI is InChI=1S/C20H17N3O5/c1-12-3-2-4-15(9-12)23-17(25)10-16(24)18(22-23)19(26)21-11-13-5-7-14(8-6-13)20(27)28/h2-10,24H,11H2,1H3,(H,21,26)(H,27,28). The molecule has 0 atom stereocenters. The Kier molecular flexibility index (Phi) is 5.21. The highest BCUT2D eigenvalue weighted by Gasteiger charge is 2.17. The molecule has 0 unspecified atom stereocenters. The summed E-state index contributed by atoms with van der Waals surface area (Å²) in [7, 11) is 0. The Morgan fingerprint density at radius 3 is 2.46 bits per heavy atom. The molecule has 0 spiro atoms. The number of rotatable bonds is 5. The number of aromatic hydroxyl groups is 1. The second kappa shape index (κ2) is 7.75. The zero-order valence-electron chi connectivity index (χ0n) is 14.9. The summed E-state index contributed by atoms with van der Waals surface area (Å²) in [6.07, 6.45) is 0. The highest BCUT2D eigenvalue weighted by Crippen LogP contribution is 2.14. The molecule has 0 fully saturated rings. The lowest BCUT2D eigenvalue weighted by Gasteiger charge is -2.10. The molecule has 3 N–H and O–H groups in total. The van der Waals surface area contributed by atoms with E-state index in [1.54, 1.807) is 30.3 Å². The molecule has 3 rings (SSSR count). The molecule has 2 aromatic carbocycles. The fraction of sp³-hybridized carbons (Fsp3) is 0.100. The van der Waals surface area contributed by atoms with Crippen LogP contribution in [0.25, 0.3) is 5.69 Å². The molecule has 142 valence electrons. The van der Waals surface area contributed by atoms with Gasteiger partial charge in [0.15, 0.2) is 11.4 Å². The van der Waals surface area contributed by atoms with Gasteiger partial charge in [0.05, 0.1) is 11.3 Å². The van der Waals surface area contributed by atoms with Crippen molar-refractivity contribution >= 4 is 11.9 Å². The molecule has 28 heavy (non-hydrogen) atoms. The van der Waals surface area contributed by atoms with E-state index in [0.717, 1.165) is 16.3 Å². The first-order chi connectivity index (χ1) is 13.3. The molecule has 0 aliphatic heterocycles. The highest BCUT2D eigenvalue weighted by molar-refractivity contribution is 5.94. The summed E-state index contributed by atoms with van der Waals surface area (Å²) in [5.41, 5.74) is 1.34. The molecule has 0 saturated heterocycles. The predicted molar refractivity (Wildman–Crippen MR) is 101 cm³/mol. The van der Waals surface area contributed by atoms with Crippen molar-refractivity contribution in [3.05, 3.63) is 87.3 Å². The van der Waals surface area contributed by atoms with Crippen LogP contribution in [-0.2, 0) is 6.54 Å². The third-order valence-corrected chi connectivity index (χ3v) is 4.03. The van der Waals surface area contributed by atoms with Crippen molar-refractivity contribution in [3.8, 4) is 11.4 Å². The quantitative estimate of drug-likeness (QED) is 0.622. The van der Waals surface area contributed by atoms with Gasteiger partial charge in [-0.15, -0.1) is 0 Å². The first-order valence-electron chi connectivity index (χ1n) is 8.36. The van der Waals surface area contributed by atoms with E-state index in [2.05, 4.69) is 10.4 Å². The lowest BCUT2D eigenvalue weighted by Crippen LogP contribution is -2.29. The van der Waals surface area contributed by atoms with Crippen LogP contribution in [0.15, 0.2) is 59.4 Å². The summed E-state index contributed by atoms with van der Waals surface area (Å²) >= 11 is 0. The van der Waals surface area contributed by atoms with Gasteiger partial charge >= 0.3 is 5.97 Å². The van der Waals surface area contributed by atoms with Crippen LogP contribution >= 0.6 is 0 Å². The van der Waals surface area contributed by atoms with Crippen LogP contribution in [0.4, 0.5) is 0 Å². The van der Waals surface area contributed by atoms with Gasteiger partial charge in [-0.2, -0.15) is 9.78 Å². The second-order valence-corrected chi connectivity index (χ2v) is 6.15. The van der Waals surface area contributed by atoms with Crippen LogP contribution in [0.2, 0.25) is 0 Å². The van der Waals surface area contributed by atoms with Crippen LogP contribution in [0, 0.1) is 6.92 Å². The minimum atomic E-state index is -1.04. The number of hydrogen-bond donors (Lipinski definition) is 3. The number of benzene rings is 2. The number of carbonyl (C=O) groups excluding carboxylic acids is 1. The predicted octanol–water partition coefficient (Wildman–Crippen LogP) is 1.87. The Morgan fingerprint density at radius 2 is 1.82 bits per heavy atom. The zero-order chi connectivity index (χ0) is 20.3. The van der Waals surface area contributed by atoms with Gasteiger partial charge in [-0.3, -0.25) is 9.59 Å². The van der Waals surface area contributed by atoms with Crippen LogP contribution in [-0.4, -0.2) is 31.9 Å². The van der Waals surface area contributed by atoms with Gasteiger partial charge in [-0.1, -0.05) is 24.3 Å². The summed E-state index contributed by atoms with van der Waals surface area (Å²) in [5.74, 6) is -2.23. The number of carbonyl (C=O) groups is 2. The molecule has 1 aromatic heterocycles. The van der Waals surface area contributed by atoms with Crippen molar-refractivity contribution in [2.45, 2.75) is 13.5 Å². The van der Waals surface area contributed by atoms with Gasteiger partial charge in [0.2, 0.25) is 0 Å². The number of aromatic nitrogens is 2. The number of amides is 1. The van der Waals surface area contributed by atoms with Crippen LogP contribution in [0.3, 0.4) is 0 Å². The van der Waals surface area contributed by atoms with Gasteiger partial charge in [-0.05, 0) is 42.3 Å². The maximum atomic E-state index is 12.4. The van der Waals surface area contributed by atoms with Crippen molar-refractivity contribution in [2.75, 3.05) is 0 Å². The van der Waals surface area contributed by atoms with E-state index in [4.69, 9.17) is 5.11 Å². The number of hydrogen-bond acceptors (Lipinski definition) is 5. The van der Waals surface area contributed by atoms with E-state index in [1.165, 1.54) is 12.1 Å². The molecular weight excluding hydrogens is 362 g/mol. The minimum absolute atomic E-state index is 0.101. The molecule has 3 aromatic rings. The van der Waals surface area contributed by atoms with E-state index in [-0.39, 0.29) is 17.8 Å². The molecular formula is C20H17N3O5. The first kappa shape index (κ1) is 18.8. The molecule has 0 aliphatic carbocycles. The van der Waals surface area contributed by atoms with Gasteiger partial charge < -0.3 is 15.5 Å². The smallest absolute Gasteiger partial charge is 0.335 e. The van der Waals surface area contributed by atoms with Crippen molar-refractivity contribution < 1.29 is 19.8 Å². The van der Waals surface area contributed by atoms with Gasteiger partial charge in [-0.25, -0.2) is 4.79 Å². The number of nitrogens with one attached hydrogen (secondary N) is 1. The fourth-order valence-electron chi connectivity index (χ4n) is 2.58. The number of carboxylic acid groups (broad SMARTS) is 1. The van der Waals surface area contributed by atoms with Gasteiger partial charge in [0, 0.05) is 12.6 Å². The Labute approximate surface area is 159 Å². The van der Waals surface area contributed by atoms with E-state index in [0.29, 0.717) is 11.3 Å². The topological polar surface area (TPSA) is 122 Å². The Hall–Kier alpha value is -3.94. The summed E-state index contributed by atoms with van der Waals surface area (Å²) < 4.78 is 1.04. The first-order valence-corrected chi connectivity index (χ1v) is 8.36. The van der Waals surface area contributed by atoms with E-state index in [1.807, 2.05) is 13.0 Å². The Balaban J connectivity index is 1.82. The van der Waals surface area contributed by atoms with Crippen LogP contribution in [0.5, 0.6) is 5.75 Å². The van der Waals surface area contributed by atoms with Crippen LogP contribution < -0.4 is 10.9 Å². The van der Waals surface area contributed by atoms with Crippen molar-refractivity contribution in [2.24, 2.45) is 0 Å². The molecule has 8 heteroatoms. The largest absolute Gasteiger partial charge is 0.505 e.